The first-order chi connectivity index (χ1) is 23.0. The van der Waals surface area contributed by atoms with Crippen LogP contribution in [0, 0.1) is 11.6 Å². The van der Waals surface area contributed by atoms with Crippen molar-refractivity contribution < 1.29 is 23.4 Å². The summed E-state index contributed by atoms with van der Waals surface area (Å²) in [7, 11) is 5.22. The first-order valence-corrected chi connectivity index (χ1v) is 18.3. The number of carbonyl (C=O) groups is 1. The highest BCUT2D eigenvalue weighted by Crippen LogP contribution is 2.38. The molecule has 9 nitrogen and oxygen atoms in total. The standard InChI is InChI=1S/C32H34F2N6OS3.CH2O2/c1-41-32-28(38-43-30-8-6-24(33)20-26(30)34)19-23(21-37-32)22-5-7-27-25(18-22)29(9-11-35-27)40-14-12-39(13-15-40)16-17-42-44-31-4-2-3-10-36-31;2-1-3/h4-11,19-22,38H,2-3,12-18H2,1H3;1H,(H,2,3). The maximum absolute atomic E-state index is 14.2. The van der Waals surface area contributed by atoms with Crippen LogP contribution < -0.4 is 14.4 Å². The van der Waals surface area contributed by atoms with Gasteiger partial charge >= 0.3 is 0 Å². The van der Waals surface area contributed by atoms with Gasteiger partial charge in [-0.05, 0) is 77.9 Å². The van der Waals surface area contributed by atoms with Gasteiger partial charge < -0.3 is 19.5 Å². The number of anilines is 2. The van der Waals surface area contributed by atoms with Gasteiger partial charge in [0.05, 0.1) is 17.7 Å². The van der Waals surface area contributed by atoms with E-state index in [0.717, 1.165) is 92.0 Å². The molecule has 0 amide bonds. The van der Waals surface area contributed by atoms with Crippen LogP contribution in [0.5, 0.6) is 5.88 Å². The molecule has 0 saturated carbocycles. The van der Waals surface area contributed by atoms with E-state index in [-0.39, 0.29) is 17.3 Å². The molecule has 6 rings (SSSR count). The van der Waals surface area contributed by atoms with Crippen molar-refractivity contribution >= 4 is 63.7 Å². The number of benzene rings is 1. The number of nitrogens with one attached hydrogen (secondary N) is 1. The third-order valence-electron chi connectivity index (χ3n) is 7.81. The highest BCUT2D eigenvalue weighted by molar-refractivity contribution is 8.78. The van der Waals surface area contributed by atoms with E-state index in [1.165, 1.54) is 23.4 Å². The summed E-state index contributed by atoms with van der Waals surface area (Å²) < 4.78 is 36.2. The number of nitrogens with zero attached hydrogens (tertiary/aromatic N) is 5. The van der Waals surface area contributed by atoms with Gasteiger partial charge in [0, 0.05) is 80.3 Å². The first kappa shape index (κ1) is 34.7. The van der Waals surface area contributed by atoms with Gasteiger partial charge in [-0.15, -0.1) is 0 Å². The van der Waals surface area contributed by atoms with Crippen molar-refractivity contribution in [2.24, 2.45) is 4.99 Å². The molecule has 1 unspecified atom stereocenters. The quantitative estimate of drug-likeness (QED) is 0.0924. The Morgan fingerprint density at radius 1 is 1.13 bits per heavy atom. The molecule has 248 valence electrons. The van der Waals surface area contributed by atoms with Gasteiger partial charge in [0.2, 0.25) is 5.88 Å². The number of hydrogen-bond acceptors (Lipinski definition) is 11. The summed E-state index contributed by atoms with van der Waals surface area (Å²) in [5.41, 5.74) is 5.14. The van der Waals surface area contributed by atoms with Crippen molar-refractivity contribution in [2.75, 3.05) is 55.2 Å². The van der Waals surface area contributed by atoms with Crippen LogP contribution in [0.15, 0.2) is 69.8 Å². The predicted molar refractivity (Wildman–Crippen MR) is 190 cm³/mol. The van der Waals surface area contributed by atoms with Crippen LogP contribution in [0.1, 0.15) is 35.6 Å². The lowest BCUT2D eigenvalue weighted by atomic mass is 9.86. The molecule has 47 heavy (non-hydrogen) atoms. The minimum absolute atomic E-state index is 0.0939. The number of ether oxygens (including phenoxy) is 1. The topological polar surface area (TPSA) is 103 Å². The maximum Gasteiger partial charge on any atom is 0.290 e. The predicted octanol–water partition coefficient (Wildman–Crippen LogP) is 7.15. The largest absolute Gasteiger partial charge is 0.483 e. The Balaban J connectivity index is 0.00000139. The maximum atomic E-state index is 14.2. The molecular formula is C33H36F2N6O3S3. The smallest absolute Gasteiger partial charge is 0.290 e. The number of aliphatic imine (C=N–C) groups is 1. The lowest BCUT2D eigenvalue weighted by Gasteiger charge is -2.37. The van der Waals surface area contributed by atoms with Crippen molar-refractivity contribution in [2.45, 2.75) is 30.1 Å². The number of fused-ring (bicyclic) bond motifs is 1. The number of piperazine rings is 1. The van der Waals surface area contributed by atoms with Crippen LogP contribution in [-0.2, 0) is 11.2 Å². The number of carboxylic acid groups (broad SMARTS) is 1. The van der Waals surface area contributed by atoms with Crippen molar-refractivity contribution in [1.82, 2.24) is 14.9 Å². The highest BCUT2D eigenvalue weighted by atomic mass is 33.1. The molecule has 2 aliphatic heterocycles. The minimum atomic E-state index is -0.626. The van der Waals surface area contributed by atoms with E-state index in [9.17, 15) is 8.78 Å². The first-order valence-electron chi connectivity index (χ1n) is 15.1. The van der Waals surface area contributed by atoms with E-state index in [2.05, 4.69) is 53.8 Å². The summed E-state index contributed by atoms with van der Waals surface area (Å²) in [6.07, 6.45) is 15.2. The summed E-state index contributed by atoms with van der Waals surface area (Å²) in [6, 6.07) is 7.65. The van der Waals surface area contributed by atoms with Gasteiger partial charge in [-0.25, -0.2) is 13.8 Å². The molecular weight excluding hydrogens is 663 g/mol. The Kier molecular flexibility index (Phi) is 13.0. The zero-order valence-electron chi connectivity index (χ0n) is 25.8. The van der Waals surface area contributed by atoms with E-state index >= 15 is 0 Å². The molecule has 0 radical (unpaired) electrons. The molecule has 0 bridgehead atoms. The van der Waals surface area contributed by atoms with E-state index in [4.69, 9.17) is 14.6 Å². The molecule has 1 aliphatic carbocycles. The molecule has 2 aromatic heterocycles. The molecule has 14 heteroatoms. The SMILES string of the molecule is COc1ncc(C2C=Cc3nccc(N4CCN(CCSSC5=CCCC=N5)CC4)c3C2)cc1NSc1ccc(F)cc1F.O=CO. The number of methoxy groups -OCH3 is 1. The monoisotopic (exact) mass is 698 g/mol. The Morgan fingerprint density at radius 2 is 1.96 bits per heavy atom. The summed E-state index contributed by atoms with van der Waals surface area (Å²) in [4.78, 5) is 27.3. The van der Waals surface area contributed by atoms with E-state index in [0.29, 0.717) is 11.6 Å². The van der Waals surface area contributed by atoms with Gasteiger partial charge in [0.1, 0.15) is 22.4 Å². The Hall–Kier alpha value is -3.59. The molecule has 4 heterocycles. The number of pyridine rings is 2. The molecule has 1 fully saturated rings. The Morgan fingerprint density at radius 3 is 2.70 bits per heavy atom. The van der Waals surface area contributed by atoms with E-state index in [1.54, 1.807) is 17.9 Å². The average Bonchev–Trinajstić information content (AvgIpc) is 3.10. The molecule has 2 N–H and O–H groups in total. The van der Waals surface area contributed by atoms with Gasteiger partial charge in [-0.3, -0.25) is 19.7 Å². The fourth-order valence-corrected chi connectivity index (χ4v) is 8.14. The Labute approximate surface area is 285 Å². The summed E-state index contributed by atoms with van der Waals surface area (Å²) in [5.74, 6) is 0.343. The summed E-state index contributed by atoms with van der Waals surface area (Å²) >= 11 is 1.06. The minimum Gasteiger partial charge on any atom is -0.483 e. The van der Waals surface area contributed by atoms with Gasteiger partial charge in [-0.2, -0.15) is 0 Å². The van der Waals surface area contributed by atoms with Crippen LogP contribution >= 0.6 is 33.5 Å². The van der Waals surface area contributed by atoms with E-state index < -0.39 is 11.6 Å². The second kappa shape index (κ2) is 17.5. The number of aromatic nitrogens is 2. The summed E-state index contributed by atoms with van der Waals surface area (Å²) in [6.45, 7) is 4.86. The zero-order valence-corrected chi connectivity index (χ0v) is 28.3. The number of rotatable bonds is 11. The van der Waals surface area contributed by atoms with Gasteiger partial charge in [0.15, 0.2) is 0 Å². The Bertz CT molecular complexity index is 1620. The van der Waals surface area contributed by atoms with Crippen LogP contribution in [0.2, 0.25) is 0 Å². The fourth-order valence-electron chi connectivity index (χ4n) is 5.47. The highest BCUT2D eigenvalue weighted by Gasteiger charge is 2.25. The van der Waals surface area contributed by atoms with Crippen molar-refractivity contribution in [1.29, 1.82) is 0 Å². The number of allylic oxidation sites excluding steroid dienone is 2. The second-order valence-electron chi connectivity index (χ2n) is 10.7. The number of hydrogen-bond donors (Lipinski definition) is 2. The lowest BCUT2D eigenvalue weighted by Crippen LogP contribution is -2.47. The van der Waals surface area contributed by atoms with Crippen molar-refractivity contribution in [3.8, 4) is 5.88 Å². The molecule has 1 saturated heterocycles. The molecule has 1 atom stereocenters. The van der Waals surface area contributed by atoms with Crippen molar-refractivity contribution in [3.05, 3.63) is 88.4 Å². The molecule has 3 aromatic rings. The fraction of sp³-hybridized carbons (Fsp3) is 0.333. The molecule has 0 spiro atoms. The van der Waals surface area contributed by atoms with Crippen LogP contribution in [0.3, 0.4) is 0 Å². The van der Waals surface area contributed by atoms with E-state index in [1.807, 2.05) is 35.5 Å². The number of halogens is 2. The van der Waals surface area contributed by atoms with Crippen molar-refractivity contribution in [3.63, 3.8) is 0 Å². The van der Waals surface area contributed by atoms with Gasteiger partial charge in [0.25, 0.3) is 6.47 Å². The third kappa shape index (κ3) is 9.49. The third-order valence-corrected chi connectivity index (χ3v) is 11.0. The normalized spacial score (nSPS) is 17.3. The summed E-state index contributed by atoms with van der Waals surface area (Å²) in [5, 5.41) is 8.03. The van der Waals surface area contributed by atoms with Crippen LogP contribution in [0.4, 0.5) is 20.2 Å². The molecule has 1 aromatic carbocycles. The van der Waals surface area contributed by atoms with Crippen LogP contribution in [0.25, 0.3) is 6.08 Å². The van der Waals surface area contributed by atoms with Gasteiger partial charge in [-0.1, -0.05) is 22.9 Å². The van der Waals surface area contributed by atoms with Crippen LogP contribution in [-0.4, -0.2) is 78.2 Å². The molecule has 3 aliphatic rings. The second-order valence-corrected chi connectivity index (χ2v) is 14.0. The zero-order chi connectivity index (χ0) is 33.0. The lowest BCUT2D eigenvalue weighted by molar-refractivity contribution is -0.122. The average molecular weight is 699 g/mol.